The standard InChI is InChI=1S/C18H21NO/c1-4-13(2)18(15-10-6-8-12-17(15)20)19-16-11-7-5-9-14(16)3/h5-13,20H,4H2,1-3H3/t13-/m1/s1. The zero-order valence-corrected chi connectivity index (χ0v) is 12.3. The van der Waals surface area contributed by atoms with Gasteiger partial charge in [-0.2, -0.15) is 0 Å². The van der Waals surface area contributed by atoms with Crippen LogP contribution in [0.5, 0.6) is 5.75 Å². The minimum atomic E-state index is 0.292. The van der Waals surface area contributed by atoms with E-state index >= 15 is 0 Å². The first-order valence-electron chi connectivity index (χ1n) is 7.06. The van der Waals surface area contributed by atoms with E-state index < -0.39 is 0 Å². The van der Waals surface area contributed by atoms with Crippen molar-refractivity contribution in [2.45, 2.75) is 27.2 Å². The maximum absolute atomic E-state index is 10.1. The number of hydrogen-bond acceptors (Lipinski definition) is 2. The highest BCUT2D eigenvalue weighted by Crippen LogP contribution is 2.26. The predicted octanol–water partition coefficient (Wildman–Crippen LogP) is 4.87. The van der Waals surface area contributed by atoms with Gasteiger partial charge in [-0.15, -0.1) is 0 Å². The molecule has 0 saturated heterocycles. The second kappa shape index (κ2) is 6.38. The Hall–Kier alpha value is -2.09. The lowest BCUT2D eigenvalue weighted by atomic mass is 9.95. The van der Waals surface area contributed by atoms with Gasteiger partial charge in [-0.25, -0.2) is 0 Å². The molecule has 2 heteroatoms. The molecule has 20 heavy (non-hydrogen) atoms. The fourth-order valence-electron chi connectivity index (χ4n) is 2.14. The monoisotopic (exact) mass is 267 g/mol. The number of aromatic hydroxyl groups is 1. The van der Waals surface area contributed by atoms with Gasteiger partial charge in [-0.05, 0) is 43.0 Å². The normalized spacial score (nSPS) is 13.2. The van der Waals surface area contributed by atoms with Crippen molar-refractivity contribution in [1.29, 1.82) is 0 Å². The molecular formula is C18H21NO. The minimum absolute atomic E-state index is 0.292. The Morgan fingerprint density at radius 2 is 1.75 bits per heavy atom. The lowest BCUT2D eigenvalue weighted by Crippen LogP contribution is -2.12. The van der Waals surface area contributed by atoms with Gasteiger partial charge < -0.3 is 5.11 Å². The molecule has 0 aliphatic heterocycles. The van der Waals surface area contributed by atoms with E-state index in [0.717, 1.165) is 28.9 Å². The lowest BCUT2D eigenvalue weighted by Gasteiger charge is -2.15. The highest BCUT2D eigenvalue weighted by atomic mass is 16.3. The van der Waals surface area contributed by atoms with Crippen molar-refractivity contribution in [2.24, 2.45) is 10.9 Å². The van der Waals surface area contributed by atoms with Crippen LogP contribution in [0, 0.1) is 12.8 Å². The smallest absolute Gasteiger partial charge is 0.124 e. The third kappa shape index (κ3) is 3.08. The summed E-state index contributed by atoms with van der Waals surface area (Å²) in [6.45, 7) is 6.33. The third-order valence-corrected chi connectivity index (χ3v) is 3.62. The summed E-state index contributed by atoms with van der Waals surface area (Å²) in [5.74, 6) is 0.586. The van der Waals surface area contributed by atoms with E-state index in [4.69, 9.17) is 4.99 Å². The summed E-state index contributed by atoms with van der Waals surface area (Å²) in [5, 5.41) is 10.1. The quantitative estimate of drug-likeness (QED) is 0.788. The number of rotatable bonds is 4. The van der Waals surface area contributed by atoms with Crippen molar-refractivity contribution < 1.29 is 5.11 Å². The van der Waals surface area contributed by atoms with Crippen molar-refractivity contribution in [3.05, 3.63) is 59.7 Å². The molecule has 104 valence electrons. The molecule has 1 atom stereocenters. The van der Waals surface area contributed by atoms with E-state index in [0.29, 0.717) is 11.7 Å². The Kier molecular flexibility index (Phi) is 4.57. The molecule has 0 saturated carbocycles. The van der Waals surface area contributed by atoms with Gasteiger partial charge >= 0.3 is 0 Å². The lowest BCUT2D eigenvalue weighted by molar-refractivity contribution is 0.473. The number of phenols is 1. The first-order valence-corrected chi connectivity index (χ1v) is 7.06. The first kappa shape index (κ1) is 14.3. The molecule has 0 aliphatic carbocycles. The summed E-state index contributed by atoms with van der Waals surface area (Å²) in [7, 11) is 0. The molecule has 0 heterocycles. The van der Waals surface area contributed by atoms with Crippen molar-refractivity contribution in [3.63, 3.8) is 0 Å². The molecule has 1 N–H and O–H groups in total. The highest BCUT2D eigenvalue weighted by Gasteiger charge is 2.15. The Balaban J connectivity index is 2.55. The maximum Gasteiger partial charge on any atom is 0.124 e. The van der Waals surface area contributed by atoms with E-state index in [1.807, 2.05) is 36.4 Å². The number of para-hydroxylation sites is 2. The van der Waals surface area contributed by atoms with Gasteiger partial charge in [-0.3, -0.25) is 4.99 Å². The van der Waals surface area contributed by atoms with Gasteiger partial charge in [0.1, 0.15) is 5.75 Å². The van der Waals surface area contributed by atoms with Crippen molar-refractivity contribution in [1.82, 2.24) is 0 Å². The van der Waals surface area contributed by atoms with Gasteiger partial charge in [0.25, 0.3) is 0 Å². The summed E-state index contributed by atoms with van der Waals surface area (Å²) >= 11 is 0. The molecule has 0 aromatic heterocycles. The Labute approximate surface area is 120 Å². The van der Waals surface area contributed by atoms with Crippen molar-refractivity contribution in [2.75, 3.05) is 0 Å². The average Bonchev–Trinajstić information content (AvgIpc) is 2.47. The molecule has 2 rings (SSSR count). The van der Waals surface area contributed by atoms with Gasteiger partial charge in [0, 0.05) is 5.56 Å². The molecule has 0 spiro atoms. The van der Waals surface area contributed by atoms with Crippen LogP contribution < -0.4 is 0 Å². The summed E-state index contributed by atoms with van der Waals surface area (Å²) in [5.41, 5.74) is 3.87. The van der Waals surface area contributed by atoms with E-state index in [2.05, 4.69) is 26.8 Å². The van der Waals surface area contributed by atoms with Crippen LogP contribution in [-0.2, 0) is 0 Å². The molecular weight excluding hydrogens is 246 g/mol. The van der Waals surface area contributed by atoms with Crippen LogP contribution in [0.3, 0.4) is 0 Å². The average molecular weight is 267 g/mol. The van der Waals surface area contributed by atoms with Crippen LogP contribution in [0.25, 0.3) is 0 Å². The van der Waals surface area contributed by atoms with E-state index in [9.17, 15) is 5.11 Å². The van der Waals surface area contributed by atoms with Crippen molar-refractivity contribution >= 4 is 11.4 Å². The molecule has 0 aliphatic rings. The topological polar surface area (TPSA) is 32.6 Å². The zero-order chi connectivity index (χ0) is 14.5. The first-order chi connectivity index (χ1) is 9.63. The highest BCUT2D eigenvalue weighted by molar-refractivity contribution is 6.05. The van der Waals surface area contributed by atoms with E-state index in [1.165, 1.54) is 0 Å². The van der Waals surface area contributed by atoms with E-state index in [1.54, 1.807) is 6.07 Å². The minimum Gasteiger partial charge on any atom is -0.507 e. The van der Waals surface area contributed by atoms with Crippen LogP contribution in [0.2, 0.25) is 0 Å². The van der Waals surface area contributed by atoms with Crippen LogP contribution in [0.15, 0.2) is 53.5 Å². The number of benzene rings is 2. The fourth-order valence-corrected chi connectivity index (χ4v) is 2.14. The second-order valence-corrected chi connectivity index (χ2v) is 5.11. The van der Waals surface area contributed by atoms with Gasteiger partial charge in [0.15, 0.2) is 0 Å². The SMILES string of the molecule is CC[C@@H](C)C(=Nc1ccccc1C)c1ccccc1O. The van der Waals surface area contributed by atoms with Gasteiger partial charge in [-0.1, -0.05) is 44.2 Å². The summed E-state index contributed by atoms with van der Waals surface area (Å²) < 4.78 is 0. The zero-order valence-electron chi connectivity index (χ0n) is 12.3. The number of nitrogens with zero attached hydrogens (tertiary/aromatic N) is 1. The van der Waals surface area contributed by atoms with Gasteiger partial charge in [0.2, 0.25) is 0 Å². The number of phenolic OH excluding ortho intramolecular Hbond substituents is 1. The Morgan fingerprint density at radius 3 is 2.40 bits per heavy atom. The molecule has 2 aromatic rings. The predicted molar refractivity (Wildman–Crippen MR) is 84.9 cm³/mol. The number of aryl methyl sites for hydroxylation is 1. The van der Waals surface area contributed by atoms with E-state index in [-0.39, 0.29) is 0 Å². The summed E-state index contributed by atoms with van der Waals surface area (Å²) in [6.07, 6.45) is 0.985. The van der Waals surface area contributed by atoms with Crippen molar-refractivity contribution in [3.8, 4) is 5.75 Å². The molecule has 0 radical (unpaired) electrons. The molecule has 2 aromatic carbocycles. The van der Waals surface area contributed by atoms with Gasteiger partial charge in [0.05, 0.1) is 11.4 Å². The molecule has 0 fully saturated rings. The van der Waals surface area contributed by atoms with Crippen LogP contribution in [0.4, 0.5) is 5.69 Å². The molecule has 2 nitrogen and oxygen atoms in total. The molecule has 0 amide bonds. The van der Waals surface area contributed by atoms with Crippen LogP contribution in [0.1, 0.15) is 31.4 Å². The van der Waals surface area contributed by atoms with Crippen LogP contribution in [-0.4, -0.2) is 10.8 Å². The second-order valence-electron chi connectivity index (χ2n) is 5.11. The fraction of sp³-hybridized carbons (Fsp3) is 0.278. The van der Waals surface area contributed by atoms with Crippen LogP contribution >= 0.6 is 0 Å². The molecule has 0 bridgehead atoms. The molecule has 0 unspecified atom stereocenters. The number of aliphatic imine (C=N–C) groups is 1. The number of hydrogen-bond donors (Lipinski definition) is 1. The summed E-state index contributed by atoms with van der Waals surface area (Å²) in [6, 6.07) is 15.5. The third-order valence-electron chi connectivity index (χ3n) is 3.62. The largest absolute Gasteiger partial charge is 0.507 e. The Morgan fingerprint density at radius 1 is 1.10 bits per heavy atom. The Bertz CT molecular complexity index is 616. The summed E-state index contributed by atoms with van der Waals surface area (Å²) in [4.78, 5) is 4.82. The maximum atomic E-state index is 10.1.